The van der Waals surface area contributed by atoms with Crippen molar-refractivity contribution >= 4 is 0 Å². The average Bonchev–Trinajstić information content (AvgIpc) is 2.31. The molecule has 0 spiro atoms. The standard InChI is InChI=1S/C13H27N/c1-3-6-11-8-5-9-13(14)10-12(11)7-4-2/h11-13H,3-10,14H2,1-2H3/t11?,12-,13?/m1/s1. The molecule has 0 amide bonds. The summed E-state index contributed by atoms with van der Waals surface area (Å²) in [5.74, 6) is 1.91. The molecule has 14 heavy (non-hydrogen) atoms. The third kappa shape index (κ3) is 3.61. The van der Waals surface area contributed by atoms with Gasteiger partial charge in [0.05, 0.1) is 0 Å². The van der Waals surface area contributed by atoms with Crippen molar-refractivity contribution in [2.75, 3.05) is 0 Å². The first kappa shape index (κ1) is 12.0. The van der Waals surface area contributed by atoms with Crippen LogP contribution in [-0.4, -0.2) is 6.04 Å². The maximum atomic E-state index is 6.11. The van der Waals surface area contributed by atoms with Crippen LogP contribution in [0.3, 0.4) is 0 Å². The highest BCUT2D eigenvalue weighted by molar-refractivity contribution is 4.79. The molecule has 0 bridgehead atoms. The van der Waals surface area contributed by atoms with Crippen LogP contribution in [0.15, 0.2) is 0 Å². The second-order valence-corrected chi connectivity index (χ2v) is 5.02. The van der Waals surface area contributed by atoms with Crippen molar-refractivity contribution in [1.82, 2.24) is 0 Å². The third-order valence-electron chi connectivity index (χ3n) is 3.74. The summed E-state index contributed by atoms with van der Waals surface area (Å²) in [6.07, 6.45) is 10.9. The molecule has 1 fully saturated rings. The van der Waals surface area contributed by atoms with Crippen molar-refractivity contribution in [3.8, 4) is 0 Å². The molecule has 1 saturated carbocycles. The van der Waals surface area contributed by atoms with Gasteiger partial charge in [0.2, 0.25) is 0 Å². The fraction of sp³-hybridized carbons (Fsp3) is 1.00. The molecule has 84 valence electrons. The Morgan fingerprint density at radius 2 is 1.64 bits per heavy atom. The molecule has 0 aromatic carbocycles. The second kappa shape index (κ2) is 6.44. The maximum absolute atomic E-state index is 6.11. The lowest BCUT2D eigenvalue weighted by Crippen LogP contribution is -2.24. The molecule has 0 heterocycles. The van der Waals surface area contributed by atoms with E-state index >= 15 is 0 Å². The fourth-order valence-corrected chi connectivity index (χ4v) is 3.05. The zero-order chi connectivity index (χ0) is 10.4. The van der Waals surface area contributed by atoms with Crippen LogP contribution >= 0.6 is 0 Å². The van der Waals surface area contributed by atoms with E-state index in [0.29, 0.717) is 6.04 Å². The van der Waals surface area contributed by atoms with Crippen molar-refractivity contribution < 1.29 is 0 Å². The first-order valence-corrected chi connectivity index (χ1v) is 6.53. The normalized spacial score (nSPS) is 34.1. The van der Waals surface area contributed by atoms with Crippen LogP contribution in [0.1, 0.15) is 65.2 Å². The predicted molar refractivity (Wildman–Crippen MR) is 63.2 cm³/mol. The summed E-state index contributed by atoms with van der Waals surface area (Å²) < 4.78 is 0. The number of rotatable bonds is 4. The minimum absolute atomic E-state index is 0.494. The Kier molecular flexibility index (Phi) is 5.54. The van der Waals surface area contributed by atoms with Crippen LogP contribution < -0.4 is 5.73 Å². The van der Waals surface area contributed by atoms with Crippen molar-refractivity contribution in [1.29, 1.82) is 0 Å². The lowest BCUT2D eigenvalue weighted by molar-refractivity contribution is 0.268. The van der Waals surface area contributed by atoms with Crippen molar-refractivity contribution in [3.05, 3.63) is 0 Å². The Balaban J connectivity index is 2.49. The third-order valence-corrected chi connectivity index (χ3v) is 3.74. The quantitative estimate of drug-likeness (QED) is 0.683. The zero-order valence-electron chi connectivity index (χ0n) is 9.97. The Morgan fingerprint density at radius 3 is 2.29 bits per heavy atom. The second-order valence-electron chi connectivity index (χ2n) is 5.02. The maximum Gasteiger partial charge on any atom is 0.00415 e. The van der Waals surface area contributed by atoms with E-state index in [1.54, 1.807) is 0 Å². The highest BCUT2D eigenvalue weighted by Gasteiger charge is 2.25. The summed E-state index contributed by atoms with van der Waals surface area (Å²) in [6, 6.07) is 0.494. The lowest BCUT2D eigenvalue weighted by Gasteiger charge is -2.25. The molecule has 0 radical (unpaired) electrons. The molecule has 0 saturated heterocycles. The summed E-state index contributed by atoms with van der Waals surface area (Å²) in [6.45, 7) is 4.62. The molecule has 1 aliphatic carbocycles. The Bertz CT molecular complexity index is 144. The molecule has 0 aliphatic heterocycles. The van der Waals surface area contributed by atoms with Gasteiger partial charge in [-0.25, -0.2) is 0 Å². The van der Waals surface area contributed by atoms with Crippen LogP contribution in [0, 0.1) is 11.8 Å². The van der Waals surface area contributed by atoms with E-state index in [1.807, 2.05) is 0 Å². The molecule has 1 aliphatic rings. The van der Waals surface area contributed by atoms with Gasteiger partial charge in [-0.15, -0.1) is 0 Å². The van der Waals surface area contributed by atoms with E-state index in [-0.39, 0.29) is 0 Å². The minimum Gasteiger partial charge on any atom is -0.328 e. The van der Waals surface area contributed by atoms with Crippen molar-refractivity contribution in [2.45, 2.75) is 71.3 Å². The largest absolute Gasteiger partial charge is 0.328 e. The van der Waals surface area contributed by atoms with E-state index in [0.717, 1.165) is 11.8 Å². The molecule has 1 nitrogen and oxygen atoms in total. The first-order chi connectivity index (χ1) is 6.77. The van der Waals surface area contributed by atoms with Gasteiger partial charge in [-0.1, -0.05) is 52.4 Å². The van der Waals surface area contributed by atoms with Crippen molar-refractivity contribution in [2.24, 2.45) is 17.6 Å². The number of hydrogen-bond acceptors (Lipinski definition) is 1. The Morgan fingerprint density at radius 1 is 1.00 bits per heavy atom. The fourth-order valence-electron chi connectivity index (χ4n) is 3.05. The van der Waals surface area contributed by atoms with Gasteiger partial charge in [0.15, 0.2) is 0 Å². The average molecular weight is 197 g/mol. The minimum atomic E-state index is 0.494. The molecule has 0 aromatic heterocycles. The molecule has 1 rings (SSSR count). The van der Waals surface area contributed by atoms with Gasteiger partial charge < -0.3 is 5.73 Å². The van der Waals surface area contributed by atoms with Gasteiger partial charge >= 0.3 is 0 Å². The first-order valence-electron chi connectivity index (χ1n) is 6.53. The molecule has 2 unspecified atom stereocenters. The van der Waals surface area contributed by atoms with E-state index in [1.165, 1.54) is 51.4 Å². The monoisotopic (exact) mass is 197 g/mol. The SMILES string of the molecule is CCCC1CCCC(N)C[C@H]1CCC. The molecule has 3 atom stereocenters. The molecular weight excluding hydrogens is 170 g/mol. The van der Waals surface area contributed by atoms with E-state index in [9.17, 15) is 0 Å². The molecular formula is C13H27N. The summed E-state index contributed by atoms with van der Waals surface area (Å²) in [5, 5.41) is 0. The van der Waals surface area contributed by atoms with Crippen LogP contribution in [0.5, 0.6) is 0 Å². The topological polar surface area (TPSA) is 26.0 Å². The number of hydrogen-bond donors (Lipinski definition) is 1. The van der Waals surface area contributed by atoms with Gasteiger partial charge in [0, 0.05) is 6.04 Å². The molecule has 0 aromatic rings. The molecule has 2 N–H and O–H groups in total. The van der Waals surface area contributed by atoms with Crippen LogP contribution in [0.2, 0.25) is 0 Å². The van der Waals surface area contributed by atoms with E-state index < -0.39 is 0 Å². The van der Waals surface area contributed by atoms with Gasteiger partial charge in [-0.3, -0.25) is 0 Å². The van der Waals surface area contributed by atoms with Gasteiger partial charge in [0.1, 0.15) is 0 Å². The number of nitrogens with two attached hydrogens (primary N) is 1. The van der Waals surface area contributed by atoms with Crippen LogP contribution in [0.25, 0.3) is 0 Å². The summed E-state index contributed by atoms with van der Waals surface area (Å²) in [7, 11) is 0. The molecule has 1 heteroatoms. The van der Waals surface area contributed by atoms with Crippen LogP contribution in [-0.2, 0) is 0 Å². The van der Waals surface area contributed by atoms with Crippen molar-refractivity contribution in [3.63, 3.8) is 0 Å². The van der Waals surface area contributed by atoms with Gasteiger partial charge in [0.25, 0.3) is 0 Å². The van der Waals surface area contributed by atoms with Gasteiger partial charge in [-0.2, -0.15) is 0 Å². The summed E-state index contributed by atoms with van der Waals surface area (Å²) in [5.41, 5.74) is 6.11. The van der Waals surface area contributed by atoms with Crippen LogP contribution in [0.4, 0.5) is 0 Å². The predicted octanol–water partition coefficient (Wildman–Crippen LogP) is 3.72. The van der Waals surface area contributed by atoms with Gasteiger partial charge in [-0.05, 0) is 24.7 Å². The zero-order valence-corrected chi connectivity index (χ0v) is 9.97. The summed E-state index contributed by atoms with van der Waals surface area (Å²) in [4.78, 5) is 0. The highest BCUT2D eigenvalue weighted by Crippen LogP contribution is 2.34. The highest BCUT2D eigenvalue weighted by atomic mass is 14.6. The lowest BCUT2D eigenvalue weighted by atomic mass is 9.81. The Hall–Kier alpha value is -0.0400. The smallest absolute Gasteiger partial charge is 0.00415 e. The Labute approximate surface area is 89.5 Å². The summed E-state index contributed by atoms with van der Waals surface area (Å²) >= 11 is 0. The van der Waals surface area contributed by atoms with E-state index in [4.69, 9.17) is 5.73 Å². The van der Waals surface area contributed by atoms with E-state index in [2.05, 4.69) is 13.8 Å².